The maximum Gasteiger partial charge on any atom is 0.242 e. The lowest BCUT2D eigenvalue weighted by molar-refractivity contribution is -0.136. The van der Waals surface area contributed by atoms with E-state index in [0.29, 0.717) is 63.4 Å². The van der Waals surface area contributed by atoms with E-state index in [1.807, 2.05) is 48.2 Å². The van der Waals surface area contributed by atoms with Crippen LogP contribution in [0, 0.1) is 11.3 Å². The fourth-order valence-corrected chi connectivity index (χ4v) is 6.92. The topological polar surface area (TPSA) is 111 Å². The Kier molecular flexibility index (Phi) is 10.7. The van der Waals surface area contributed by atoms with E-state index in [1.165, 1.54) is 5.56 Å². The monoisotopic (exact) mass is 637 g/mol. The maximum atomic E-state index is 13.4. The van der Waals surface area contributed by atoms with Crippen molar-refractivity contribution in [3.05, 3.63) is 88.5 Å². The van der Waals surface area contributed by atoms with Crippen molar-refractivity contribution in [2.45, 2.75) is 64.1 Å². The van der Waals surface area contributed by atoms with E-state index < -0.39 is 12.1 Å². The Morgan fingerprint density at radius 2 is 1.70 bits per heavy atom. The smallest absolute Gasteiger partial charge is 0.242 e. The fourth-order valence-electron chi connectivity index (χ4n) is 6.92. The summed E-state index contributed by atoms with van der Waals surface area (Å²) >= 11 is 0. The Morgan fingerprint density at radius 1 is 1.00 bits per heavy atom. The summed E-state index contributed by atoms with van der Waals surface area (Å²) in [5.74, 6) is 1.21. The van der Waals surface area contributed by atoms with E-state index in [4.69, 9.17) is 20.2 Å². The molecular formula is C37H47N7O3. The van der Waals surface area contributed by atoms with Crippen molar-refractivity contribution in [2.75, 3.05) is 57.8 Å². The van der Waals surface area contributed by atoms with Gasteiger partial charge in [0.2, 0.25) is 11.8 Å². The molecule has 2 fully saturated rings. The highest BCUT2D eigenvalue weighted by Crippen LogP contribution is 2.36. The average Bonchev–Trinajstić information content (AvgIpc) is 3.53. The predicted molar refractivity (Wildman–Crippen MR) is 182 cm³/mol. The van der Waals surface area contributed by atoms with E-state index in [0.717, 1.165) is 61.4 Å². The van der Waals surface area contributed by atoms with Gasteiger partial charge in [-0.15, -0.1) is 0 Å². The number of ether oxygens (including phenoxy) is 2. The molecule has 3 atom stereocenters. The number of rotatable bonds is 11. The minimum Gasteiger partial charge on any atom is -0.475 e. The van der Waals surface area contributed by atoms with Gasteiger partial charge in [0.15, 0.2) is 0 Å². The zero-order valence-corrected chi connectivity index (χ0v) is 27.7. The number of carbonyl (C=O) groups is 1. The molecule has 248 valence electrons. The number of carbonyl (C=O) groups excluding carboxylic acids is 1. The fraction of sp³-hybridized carbons (Fsp3) is 0.486. The number of likely N-dealkylation sites (tertiary alicyclic amines) is 1. The van der Waals surface area contributed by atoms with Crippen LogP contribution in [-0.4, -0.2) is 96.7 Å². The number of nitrogens with two attached hydrogens (primary N) is 1. The molecule has 2 aromatic carbocycles. The quantitative estimate of drug-likeness (QED) is 0.337. The molecule has 0 bridgehead atoms. The highest BCUT2D eigenvalue weighted by Gasteiger charge is 2.33. The third-order valence-electron chi connectivity index (χ3n) is 9.90. The standard InChI is InChI=1S/C37H47N7O3/c1-27(46-25-29-12-7-4-8-13-29)34(39)37(45)44-20-18-43(19-21-44)35-31-15-17-42(23-28-10-5-3-6-11-28)24-33(31)32(22-38)36(40-35)47-26-30-14-9-16-41(30)2/h3-8,10-13,27,30,34H,9,14-21,23-26,39H2,1-2H3/t27-,30+,34+/m1/s1. The van der Waals surface area contributed by atoms with Crippen LogP contribution in [0.3, 0.4) is 0 Å². The molecule has 1 amide bonds. The van der Waals surface area contributed by atoms with Crippen molar-refractivity contribution in [3.8, 4) is 11.9 Å². The summed E-state index contributed by atoms with van der Waals surface area (Å²) < 4.78 is 12.4. The van der Waals surface area contributed by atoms with Crippen molar-refractivity contribution >= 4 is 11.7 Å². The third kappa shape index (κ3) is 7.77. The third-order valence-corrected chi connectivity index (χ3v) is 9.90. The van der Waals surface area contributed by atoms with Crippen LogP contribution in [0.5, 0.6) is 5.88 Å². The number of hydrogen-bond donors (Lipinski definition) is 1. The molecule has 1 aromatic heterocycles. The molecule has 0 spiro atoms. The molecule has 6 rings (SSSR count). The number of amides is 1. The number of aromatic nitrogens is 1. The number of anilines is 1. The van der Waals surface area contributed by atoms with Gasteiger partial charge in [0.05, 0.1) is 12.7 Å². The molecular weight excluding hydrogens is 590 g/mol. The lowest BCUT2D eigenvalue weighted by Gasteiger charge is -2.39. The molecule has 0 radical (unpaired) electrons. The van der Waals surface area contributed by atoms with Crippen molar-refractivity contribution < 1.29 is 14.3 Å². The molecule has 10 heteroatoms. The molecule has 3 aliphatic heterocycles. The van der Waals surface area contributed by atoms with Gasteiger partial charge in [0.25, 0.3) is 0 Å². The van der Waals surface area contributed by atoms with Crippen molar-refractivity contribution in [2.24, 2.45) is 5.73 Å². The van der Waals surface area contributed by atoms with Crippen molar-refractivity contribution in [1.29, 1.82) is 5.26 Å². The second-order valence-corrected chi connectivity index (χ2v) is 13.1. The van der Waals surface area contributed by atoms with Gasteiger partial charge in [-0.05, 0) is 56.5 Å². The minimum absolute atomic E-state index is 0.0960. The molecule has 47 heavy (non-hydrogen) atoms. The minimum atomic E-state index is -0.740. The SMILES string of the molecule is C[C@@H](OCc1ccccc1)[C@H](N)C(=O)N1CCN(c2nc(OC[C@@H]3CCCN3C)c(C#N)c3c2CCN(Cc2ccccc2)C3)CC1. The number of fused-ring (bicyclic) bond motifs is 1. The number of pyridine rings is 1. The first kappa shape index (κ1) is 32.9. The van der Waals surface area contributed by atoms with Crippen LogP contribution in [0.25, 0.3) is 0 Å². The Morgan fingerprint density at radius 3 is 2.36 bits per heavy atom. The van der Waals surface area contributed by atoms with Gasteiger partial charge in [0.1, 0.15) is 30.1 Å². The van der Waals surface area contributed by atoms with Crippen LogP contribution in [0.2, 0.25) is 0 Å². The van der Waals surface area contributed by atoms with Crippen LogP contribution in [0.15, 0.2) is 60.7 Å². The summed E-state index contributed by atoms with van der Waals surface area (Å²) in [7, 11) is 2.13. The second kappa shape index (κ2) is 15.3. The lowest BCUT2D eigenvalue weighted by Crippen LogP contribution is -2.56. The summed E-state index contributed by atoms with van der Waals surface area (Å²) in [4.78, 5) is 27.3. The lowest BCUT2D eigenvalue weighted by atomic mass is 9.95. The Hall–Kier alpha value is -4.01. The van der Waals surface area contributed by atoms with E-state index in [2.05, 4.69) is 52.1 Å². The number of likely N-dealkylation sites (N-methyl/N-ethyl adjacent to an activating group) is 1. The van der Waals surface area contributed by atoms with Gasteiger partial charge in [0, 0.05) is 57.4 Å². The van der Waals surface area contributed by atoms with E-state index in [9.17, 15) is 10.1 Å². The summed E-state index contributed by atoms with van der Waals surface area (Å²) in [6, 6.07) is 22.4. The highest BCUT2D eigenvalue weighted by molar-refractivity contribution is 5.82. The molecule has 3 aromatic rings. The van der Waals surface area contributed by atoms with Gasteiger partial charge in [-0.25, -0.2) is 0 Å². The van der Waals surface area contributed by atoms with Gasteiger partial charge >= 0.3 is 0 Å². The highest BCUT2D eigenvalue weighted by atomic mass is 16.5. The summed E-state index contributed by atoms with van der Waals surface area (Å²) in [5, 5.41) is 10.4. The first-order valence-corrected chi connectivity index (χ1v) is 16.9. The van der Waals surface area contributed by atoms with Gasteiger partial charge in [-0.2, -0.15) is 10.2 Å². The second-order valence-electron chi connectivity index (χ2n) is 13.1. The largest absolute Gasteiger partial charge is 0.475 e. The van der Waals surface area contributed by atoms with Crippen LogP contribution >= 0.6 is 0 Å². The van der Waals surface area contributed by atoms with Crippen LogP contribution in [0.1, 0.15) is 47.6 Å². The van der Waals surface area contributed by atoms with E-state index in [-0.39, 0.29) is 5.91 Å². The molecule has 0 saturated carbocycles. The normalized spacial score (nSPS) is 20.0. The molecule has 10 nitrogen and oxygen atoms in total. The summed E-state index contributed by atoms with van der Waals surface area (Å²) in [5.41, 5.74) is 11.4. The van der Waals surface area contributed by atoms with Crippen LogP contribution in [0.4, 0.5) is 5.82 Å². The zero-order valence-electron chi connectivity index (χ0n) is 27.7. The number of benzene rings is 2. The zero-order chi connectivity index (χ0) is 32.8. The Bertz CT molecular complexity index is 1540. The van der Waals surface area contributed by atoms with E-state index >= 15 is 0 Å². The number of piperazine rings is 1. The van der Waals surface area contributed by atoms with Crippen LogP contribution in [-0.2, 0) is 35.6 Å². The molecule has 2 N–H and O–H groups in total. The van der Waals surface area contributed by atoms with Crippen molar-refractivity contribution in [1.82, 2.24) is 19.7 Å². The molecule has 2 saturated heterocycles. The van der Waals surface area contributed by atoms with Gasteiger partial charge in [-0.1, -0.05) is 60.7 Å². The molecule has 0 aliphatic carbocycles. The number of nitrogens with zero attached hydrogens (tertiary/aromatic N) is 6. The van der Waals surface area contributed by atoms with Gasteiger partial charge < -0.3 is 29.9 Å². The van der Waals surface area contributed by atoms with Crippen LogP contribution < -0.4 is 15.4 Å². The first-order chi connectivity index (χ1) is 22.9. The van der Waals surface area contributed by atoms with Crippen molar-refractivity contribution in [3.63, 3.8) is 0 Å². The Balaban J connectivity index is 1.17. The Labute approximate surface area is 278 Å². The molecule has 3 aliphatic rings. The predicted octanol–water partition coefficient (Wildman–Crippen LogP) is 3.57. The van der Waals surface area contributed by atoms with E-state index in [1.54, 1.807) is 0 Å². The van der Waals surface area contributed by atoms with Gasteiger partial charge in [-0.3, -0.25) is 9.69 Å². The molecule has 4 heterocycles. The number of hydrogen-bond acceptors (Lipinski definition) is 9. The molecule has 0 unspecified atom stereocenters. The summed E-state index contributed by atoms with van der Waals surface area (Å²) in [6.45, 7) is 8.53. The maximum absolute atomic E-state index is 13.4. The average molecular weight is 638 g/mol. The summed E-state index contributed by atoms with van der Waals surface area (Å²) in [6.07, 6.45) is 2.61. The first-order valence-electron chi connectivity index (χ1n) is 16.9. The number of nitriles is 1.